The molecule has 0 radical (unpaired) electrons. The van der Waals surface area contributed by atoms with Crippen LogP contribution in [0.4, 0.5) is 5.95 Å². The summed E-state index contributed by atoms with van der Waals surface area (Å²) in [5, 5.41) is 3.28. The lowest BCUT2D eigenvalue weighted by Crippen LogP contribution is -2.11. The molecule has 18 heavy (non-hydrogen) atoms. The zero-order valence-corrected chi connectivity index (χ0v) is 11.1. The number of aryl methyl sites for hydroxylation is 2. The van der Waals surface area contributed by atoms with Crippen molar-refractivity contribution in [2.75, 3.05) is 25.6 Å². The predicted molar refractivity (Wildman–Crippen MR) is 73.4 cm³/mol. The smallest absolute Gasteiger partial charge is 0.207 e. The van der Waals surface area contributed by atoms with Crippen molar-refractivity contribution in [2.45, 2.75) is 13.8 Å². The predicted octanol–water partition coefficient (Wildman–Crippen LogP) is 2.55. The van der Waals surface area contributed by atoms with Gasteiger partial charge in [0.15, 0.2) is 0 Å². The Bertz CT molecular complexity index is 520. The molecule has 1 aromatic carbocycles. The third-order valence-electron chi connectivity index (χ3n) is 2.70. The molecule has 0 bridgehead atoms. The summed E-state index contributed by atoms with van der Waals surface area (Å²) >= 11 is 0. The fourth-order valence-corrected chi connectivity index (χ4v) is 1.86. The van der Waals surface area contributed by atoms with Crippen LogP contribution in [0.3, 0.4) is 0 Å². The number of nitrogens with zero attached hydrogens (tertiary/aromatic N) is 2. The Morgan fingerprint density at radius 1 is 1.33 bits per heavy atom. The van der Waals surface area contributed by atoms with Crippen LogP contribution in [0.25, 0.3) is 5.69 Å². The molecule has 96 valence electrons. The monoisotopic (exact) mass is 245 g/mol. The lowest BCUT2D eigenvalue weighted by Gasteiger charge is -2.09. The van der Waals surface area contributed by atoms with Gasteiger partial charge in [-0.2, -0.15) is 0 Å². The second kappa shape index (κ2) is 5.69. The minimum atomic E-state index is 0.666. The molecule has 2 aromatic rings. The molecular weight excluding hydrogens is 226 g/mol. The van der Waals surface area contributed by atoms with Crippen molar-refractivity contribution in [1.29, 1.82) is 0 Å². The summed E-state index contributed by atoms with van der Waals surface area (Å²) in [5.74, 6) is 0.857. The second-order valence-corrected chi connectivity index (χ2v) is 4.33. The fraction of sp³-hybridized carbons (Fsp3) is 0.357. The summed E-state index contributed by atoms with van der Waals surface area (Å²) in [6.07, 6.45) is 2.03. The number of hydrogen-bond donors (Lipinski definition) is 1. The first-order valence-corrected chi connectivity index (χ1v) is 6.06. The van der Waals surface area contributed by atoms with E-state index in [1.54, 1.807) is 7.11 Å². The maximum Gasteiger partial charge on any atom is 0.207 e. The largest absolute Gasteiger partial charge is 0.383 e. The minimum absolute atomic E-state index is 0.666. The molecule has 0 aliphatic rings. The van der Waals surface area contributed by atoms with Crippen molar-refractivity contribution in [2.24, 2.45) is 0 Å². The number of imidazole rings is 1. The molecule has 1 N–H and O–H groups in total. The molecule has 0 amide bonds. The van der Waals surface area contributed by atoms with Crippen molar-refractivity contribution < 1.29 is 4.74 Å². The Labute approximate surface area is 108 Å². The normalized spacial score (nSPS) is 10.6. The minimum Gasteiger partial charge on any atom is -0.383 e. The van der Waals surface area contributed by atoms with Gasteiger partial charge in [-0.3, -0.25) is 4.57 Å². The zero-order chi connectivity index (χ0) is 13.0. The van der Waals surface area contributed by atoms with E-state index in [2.05, 4.69) is 46.1 Å². The highest BCUT2D eigenvalue weighted by Crippen LogP contribution is 2.17. The van der Waals surface area contributed by atoms with Crippen LogP contribution in [0.5, 0.6) is 0 Å². The standard InChI is InChI=1S/C14H19N3O/c1-11-5-4-6-13(9-11)17-10-12(2)16-14(17)15-7-8-18-3/h4-6,9-10H,7-8H2,1-3H3,(H,15,16). The molecule has 0 aliphatic carbocycles. The van der Waals surface area contributed by atoms with Crippen LogP contribution < -0.4 is 5.32 Å². The SMILES string of the molecule is COCCNc1nc(C)cn1-c1cccc(C)c1. The molecule has 0 saturated carbocycles. The Hall–Kier alpha value is -1.81. The van der Waals surface area contributed by atoms with Gasteiger partial charge >= 0.3 is 0 Å². The number of nitrogens with one attached hydrogen (secondary N) is 1. The highest BCUT2D eigenvalue weighted by atomic mass is 16.5. The molecular formula is C14H19N3O. The second-order valence-electron chi connectivity index (χ2n) is 4.33. The summed E-state index contributed by atoms with van der Waals surface area (Å²) in [4.78, 5) is 4.48. The van der Waals surface area contributed by atoms with E-state index in [-0.39, 0.29) is 0 Å². The Morgan fingerprint density at radius 2 is 2.17 bits per heavy atom. The first-order valence-electron chi connectivity index (χ1n) is 6.06. The van der Waals surface area contributed by atoms with Gasteiger partial charge in [-0.05, 0) is 31.5 Å². The summed E-state index contributed by atoms with van der Waals surface area (Å²) in [6, 6.07) is 8.36. The Kier molecular flexibility index (Phi) is 3.99. The molecule has 0 fully saturated rings. The molecule has 1 heterocycles. The topological polar surface area (TPSA) is 39.1 Å². The summed E-state index contributed by atoms with van der Waals surface area (Å²) in [5.41, 5.74) is 3.36. The van der Waals surface area contributed by atoms with Gasteiger partial charge in [-0.15, -0.1) is 0 Å². The maximum atomic E-state index is 5.04. The van der Waals surface area contributed by atoms with Crippen LogP contribution >= 0.6 is 0 Å². The van der Waals surface area contributed by atoms with Gasteiger partial charge in [0.05, 0.1) is 12.3 Å². The number of benzene rings is 1. The molecule has 1 aromatic heterocycles. The van der Waals surface area contributed by atoms with Crippen LogP contribution in [0.15, 0.2) is 30.5 Å². The third kappa shape index (κ3) is 2.90. The Balaban J connectivity index is 2.26. The third-order valence-corrected chi connectivity index (χ3v) is 2.70. The molecule has 0 spiro atoms. The van der Waals surface area contributed by atoms with E-state index in [4.69, 9.17) is 4.74 Å². The maximum absolute atomic E-state index is 5.04. The van der Waals surface area contributed by atoms with Gasteiger partial charge in [0.2, 0.25) is 5.95 Å². The van der Waals surface area contributed by atoms with E-state index in [1.807, 2.05) is 13.1 Å². The Morgan fingerprint density at radius 3 is 2.89 bits per heavy atom. The molecule has 4 heteroatoms. The van der Waals surface area contributed by atoms with Crippen LogP contribution in [0, 0.1) is 13.8 Å². The molecule has 2 rings (SSSR count). The number of rotatable bonds is 5. The number of ether oxygens (including phenoxy) is 1. The molecule has 0 atom stereocenters. The highest BCUT2D eigenvalue weighted by molar-refractivity contribution is 5.44. The summed E-state index contributed by atoms with van der Waals surface area (Å²) < 4.78 is 7.10. The quantitative estimate of drug-likeness (QED) is 0.823. The average molecular weight is 245 g/mol. The van der Waals surface area contributed by atoms with Crippen molar-refractivity contribution in [3.63, 3.8) is 0 Å². The zero-order valence-electron chi connectivity index (χ0n) is 11.1. The molecule has 4 nitrogen and oxygen atoms in total. The number of methoxy groups -OCH3 is 1. The summed E-state index contributed by atoms with van der Waals surface area (Å²) in [6.45, 7) is 5.50. The van der Waals surface area contributed by atoms with E-state index < -0.39 is 0 Å². The molecule has 0 unspecified atom stereocenters. The molecule has 0 saturated heterocycles. The van der Waals surface area contributed by atoms with Crippen LogP contribution in [0.1, 0.15) is 11.3 Å². The first-order chi connectivity index (χ1) is 8.70. The van der Waals surface area contributed by atoms with Crippen molar-refractivity contribution in [3.8, 4) is 5.69 Å². The van der Waals surface area contributed by atoms with E-state index in [0.29, 0.717) is 6.61 Å². The van der Waals surface area contributed by atoms with Crippen molar-refractivity contribution in [3.05, 3.63) is 41.7 Å². The molecule has 0 aliphatic heterocycles. The lowest BCUT2D eigenvalue weighted by atomic mass is 10.2. The van der Waals surface area contributed by atoms with E-state index in [0.717, 1.165) is 23.9 Å². The van der Waals surface area contributed by atoms with Crippen molar-refractivity contribution in [1.82, 2.24) is 9.55 Å². The number of aromatic nitrogens is 2. The first kappa shape index (κ1) is 12.6. The fourth-order valence-electron chi connectivity index (χ4n) is 1.86. The average Bonchev–Trinajstić information content (AvgIpc) is 2.71. The van der Waals surface area contributed by atoms with Crippen LogP contribution in [-0.2, 0) is 4.74 Å². The number of hydrogen-bond acceptors (Lipinski definition) is 3. The van der Waals surface area contributed by atoms with Crippen LogP contribution in [-0.4, -0.2) is 29.8 Å². The van der Waals surface area contributed by atoms with Crippen LogP contribution in [0.2, 0.25) is 0 Å². The summed E-state index contributed by atoms with van der Waals surface area (Å²) in [7, 11) is 1.69. The van der Waals surface area contributed by atoms with Gasteiger partial charge in [0, 0.05) is 25.5 Å². The van der Waals surface area contributed by atoms with Gasteiger partial charge in [-0.25, -0.2) is 4.98 Å². The van der Waals surface area contributed by atoms with Gasteiger partial charge in [0.1, 0.15) is 0 Å². The van der Waals surface area contributed by atoms with E-state index in [9.17, 15) is 0 Å². The van der Waals surface area contributed by atoms with Crippen molar-refractivity contribution >= 4 is 5.95 Å². The number of anilines is 1. The van der Waals surface area contributed by atoms with E-state index >= 15 is 0 Å². The van der Waals surface area contributed by atoms with Gasteiger partial charge in [0.25, 0.3) is 0 Å². The van der Waals surface area contributed by atoms with Gasteiger partial charge < -0.3 is 10.1 Å². The van der Waals surface area contributed by atoms with E-state index in [1.165, 1.54) is 5.56 Å². The lowest BCUT2D eigenvalue weighted by molar-refractivity contribution is 0.210. The highest BCUT2D eigenvalue weighted by Gasteiger charge is 2.06. The van der Waals surface area contributed by atoms with Gasteiger partial charge in [-0.1, -0.05) is 12.1 Å².